The first-order valence-corrected chi connectivity index (χ1v) is 11.7. The zero-order valence-corrected chi connectivity index (χ0v) is 17.6. The Labute approximate surface area is 159 Å². The van der Waals surface area contributed by atoms with Crippen LogP contribution in [-0.2, 0) is 27.3 Å². The lowest BCUT2D eigenvalue weighted by atomic mass is 9.99. The smallest absolute Gasteiger partial charge is 0.290 e. The number of thioether (sulfide) groups is 1. The lowest BCUT2D eigenvalue weighted by molar-refractivity contribution is 0.234. The van der Waals surface area contributed by atoms with Gasteiger partial charge < -0.3 is 18.6 Å². The number of carbonyl (C=O) groups is 1. The molecule has 0 unspecified atom stereocenters. The Bertz CT molecular complexity index is 684. The van der Waals surface area contributed by atoms with Crippen molar-refractivity contribution in [1.82, 2.24) is 9.57 Å². The highest BCUT2D eigenvalue weighted by Gasteiger charge is 2.34. The molecule has 0 aromatic heterocycles. The maximum Gasteiger partial charge on any atom is 0.290 e. The van der Waals surface area contributed by atoms with Crippen LogP contribution in [-0.4, -0.2) is 48.7 Å². The van der Waals surface area contributed by atoms with Gasteiger partial charge in [0.05, 0.1) is 18.9 Å². The van der Waals surface area contributed by atoms with Crippen LogP contribution >= 0.6 is 18.4 Å². The van der Waals surface area contributed by atoms with Crippen molar-refractivity contribution in [3.05, 3.63) is 40.8 Å². The van der Waals surface area contributed by atoms with E-state index in [0.29, 0.717) is 13.2 Å². The number of benzene rings is 1. The quantitative estimate of drug-likeness (QED) is 0.653. The molecule has 1 aliphatic rings. The molecule has 2 rings (SSSR count). The molecule has 0 saturated carbocycles. The average Bonchev–Trinajstić information content (AvgIpc) is 2.59. The highest BCUT2D eigenvalue weighted by molar-refractivity contribution is 8.16. The van der Waals surface area contributed by atoms with E-state index in [2.05, 4.69) is 12.1 Å². The van der Waals surface area contributed by atoms with Gasteiger partial charge in [-0.25, -0.2) is 0 Å². The van der Waals surface area contributed by atoms with Crippen LogP contribution < -0.4 is 0 Å². The molecule has 1 aromatic rings. The lowest BCUT2D eigenvalue weighted by Crippen LogP contribution is -2.29. The van der Waals surface area contributed by atoms with Crippen LogP contribution in [0.5, 0.6) is 0 Å². The summed E-state index contributed by atoms with van der Waals surface area (Å²) in [6.07, 6.45) is 0.873. The minimum atomic E-state index is -2.63. The van der Waals surface area contributed by atoms with Gasteiger partial charge in [-0.1, -0.05) is 24.3 Å². The van der Waals surface area contributed by atoms with Crippen molar-refractivity contribution in [3.63, 3.8) is 0 Å². The Balaban J connectivity index is 2.46. The highest BCUT2D eigenvalue weighted by atomic mass is 32.5. The molecule has 0 bridgehead atoms. The highest BCUT2D eigenvalue weighted by Crippen LogP contribution is 2.57. The number of carbonyl (C=O) groups excluding carboxylic acids is 1. The summed E-state index contributed by atoms with van der Waals surface area (Å²) in [5.74, 6) is 0. The predicted molar refractivity (Wildman–Crippen MR) is 109 cm³/mol. The van der Waals surface area contributed by atoms with Crippen molar-refractivity contribution >= 4 is 41.1 Å². The Kier molecular flexibility index (Phi) is 7.52. The maximum atomic E-state index is 12.1. The molecule has 1 aliphatic heterocycles. The van der Waals surface area contributed by atoms with Crippen molar-refractivity contribution < 1.29 is 13.8 Å². The average molecular weight is 401 g/mol. The summed E-state index contributed by atoms with van der Waals surface area (Å²) in [4.78, 5) is 13.6. The van der Waals surface area contributed by atoms with Crippen LogP contribution in [0.4, 0.5) is 4.79 Å². The number of hydrogen-bond acceptors (Lipinski definition) is 5. The zero-order chi connectivity index (χ0) is 18.4. The van der Waals surface area contributed by atoms with Crippen molar-refractivity contribution in [2.24, 2.45) is 0 Å². The van der Waals surface area contributed by atoms with E-state index in [9.17, 15) is 4.79 Å². The van der Waals surface area contributed by atoms with Gasteiger partial charge in [0.2, 0.25) is 0 Å². The van der Waals surface area contributed by atoms with Gasteiger partial charge in [0.15, 0.2) is 0 Å². The molecule has 0 saturated heterocycles. The Hall–Kier alpha value is -0.850. The van der Waals surface area contributed by atoms with Crippen molar-refractivity contribution in [1.29, 1.82) is 0 Å². The summed E-state index contributed by atoms with van der Waals surface area (Å²) in [7, 11) is 3.48. The molecule has 5 nitrogen and oxygen atoms in total. The normalized spacial score (nSPS) is 16.0. The molecule has 138 valence electrons. The first kappa shape index (κ1) is 20.5. The number of amides is 1. The van der Waals surface area contributed by atoms with Crippen LogP contribution in [0.2, 0.25) is 0 Å². The molecule has 0 spiro atoms. The number of nitrogens with zero attached hydrogens (tertiary/aromatic N) is 2. The summed E-state index contributed by atoms with van der Waals surface area (Å²) >= 11 is 6.96. The summed E-state index contributed by atoms with van der Waals surface area (Å²) in [6.45, 7) is 2.92. The van der Waals surface area contributed by atoms with E-state index < -0.39 is 6.64 Å². The van der Waals surface area contributed by atoms with E-state index in [-0.39, 0.29) is 5.24 Å². The molecule has 25 heavy (non-hydrogen) atoms. The predicted octanol–water partition coefficient (Wildman–Crippen LogP) is 4.56. The monoisotopic (exact) mass is 400 g/mol. The molecule has 0 N–H and O–H groups in total. The molecular formula is C17H25N2O3PS2. The molecule has 0 aliphatic carbocycles. The van der Waals surface area contributed by atoms with E-state index in [0.717, 1.165) is 36.0 Å². The molecular weight excluding hydrogens is 375 g/mol. The molecule has 0 atom stereocenters. The summed E-state index contributed by atoms with van der Waals surface area (Å²) in [5.41, 5.74) is 3.24. The fourth-order valence-corrected chi connectivity index (χ4v) is 6.24. The van der Waals surface area contributed by atoms with Crippen molar-refractivity contribution in [3.8, 4) is 0 Å². The largest absolute Gasteiger partial charge is 0.339 e. The third-order valence-corrected chi connectivity index (χ3v) is 7.99. The number of hydrogen-bond donors (Lipinski definition) is 0. The van der Waals surface area contributed by atoms with Gasteiger partial charge >= 0.3 is 0 Å². The minimum absolute atomic E-state index is 0.0309. The number of fused-ring (bicyclic) bond motifs is 1. The second-order valence-electron chi connectivity index (χ2n) is 5.62. The standard InChI is InChI=1S/C17H25N2O3PS2/c1-5-21-23(24,22-6-2)19-12-11-14-9-7-8-10-15(14)16(19)13-25-17(20)18(3)4/h7-10,13H,5-6,11-12H2,1-4H3. The third kappa shape index (κ3) is 4.86. The van der Waals surface area contributed by atoms with Crippen LogP contribution in [0, 0.1) is 0 Å². The first-order chi connectivity index (χ1) is 11.9. The Morgan fingerprint density at radius 3 is 2.56 bits per heavy atom. The second-order valence-corrected chi connectivity index (χ2v) is 9.76. The summed E-state index contributed by atoms with van der Waals surface area (Å²) < 4.78 is 13.8. The van der Waals surface area contributed by atoms with E-state index in [4.69, 9.17) is 20.9 Å². The Morgan fingerprint density at radius 2 is 1.96 bits per heavy atom. The van der Waals surface area contributed by atoms with E-state index >= 15 is 0 Å². The van der Waals surface area contributed by atoms with Crippen molar-refractivity contribution in [2.75, 3.05) is 33.9 Å². The van der Waals surface area contributed by atoms with Gasteiger partial charge in [0, 0.05) is 31.6 Å². The fourth-order valence-electron chi connectivity index (χ4n) is 2.57. The van der Waals surface area contributed by atoms with E-state index in [1.807, 2.05) is 36.1 Å². The molecule has 1 aromatic carbocycles. The maximum absolute atomic E-state index is 12.1. The molecule has 0 fully saturated rings. The van der Waals surface area contributed by atoms with Gasteiger partial charge in [-0.05, 0) is 49.4 Å². The SMILES string of the molecule is CCOP(=S)(OCC)N1CCc2ccccc2C1=CSC(=O)N(C)C. The molecule has 1 amide bonds. The lowest BCUT2D eigenvalue weighted by Gasteiger charge is -2.39. The first-order valence-electron chi connectivity index (χ1n) is 8.26. The molecule has 8 heteroatoms. The van der Waals surface area contributed by atoms with Gasteiger partial charge in [-0.15, -0.1) is 0 Å². The van der Waals surface area contributed by atoms with Gasteiger partial charge in [0.1, 0.15) is 0 Å². The van der Waals surface area contributed by atoms with Gasteiger partial charge in [0.25, 0.3) is 11.9 Å². The van der Waals surface area contributed by atoms with Crippen LogP contribution in [0.25, 0.3) is 5.70 Å². The van der Waals surface area contributed by atoms with E-state index in [1.54, 1.807) is 19.0 Å². The molecule has 0 radical (unpaired) electrons. The fraction of sp³-hybridized carbons (Fsp3) is 0.471. The van der Waals surface area contributed by atoms with Crippen LogP contribution in [0.1, 0.15) is 25.0 Å². The zero-order valence-electron chi connectivity index (χ0n) is 15.1. The van der Waals surface area contributed by atoms with Crippen LogP contribution in [0.3, 0.4) is 0 Å². The molecule has 1 heterocycles. The second kappa shape index (κ2) is 9.19. The topological polar surface area (TPSA) is 42.0 Å². The van der Waals surface area contributed by atoms with Crippen LogP contribution in [0.15, 0.2) is 29.7 Å². The van der Waals surface area contributed by atoms with Gasteiger partial charge in [-0.2, -0.15) is 0 Å². The summed E-state index contributed by atoms with van der Waals surface area (Å²) in [5, 5.41) is 1.84. The summed E-state index contributed by atoms with van der Waals surface area (Å²) in [6, 6.07) is 8.21. The minimum Gasteiger partial charge on any atom is -0.339 e. The third-order valence-electron chi connectivity index (χ3n) is 3.68. The number of rotatable bonds is 6. The van der Waals surface area contributed by atoms with Crippen molar-refractivity contribution in [2.45, 2.75) is 20.3 Å². The van der Waals surface area contributed by atoms with E-state index in [1.165, 1.54) is 5.56 Å². The van der Waals surface area contributed by atoms with Gasteiger partial charge in [-0.3, -0.25) is 4.79 Å². The Morgan fingerprint density at radius 1 is 1.32 bits per heavy atom.